The normalized spacial score (nSPS) is 22.2. The number of nitrogens with zero attached hydrogens (tertiary/aromatic N) is 5. The van der Waals surface area contributed by atoms with E-state index in [0.717, 1.165) is 72.0 Å². The van der Waals surface area contributed by atoms with Crippen molar-refractivity contribution in [3.8, 4) is 11.1 Å². The van der Waals surface area contributed by atoms with Gasteiger partial charge in [0.15, 0.2) is 0 Å². The minimum Gasteiger partial charge on any atom is -0.388 e. The molecule has 6 rings (SSSR count). The number of aliphatic hydroxyl groups is 2. The number of hydrogen-bond acceptors (Lipinski definition) is 9. The first kappa shape index (κ1) is 34.7. The first-order chi connectivity index (χ1) is 23.0. The summed E-state index contributed by atoms with van der Waals surface area (Å²) in [4.78, 5) is 31.0. The molecule has 3 heterocycles. The molecule has 258 valence electrons. The zero-order valence-corrected chi connectivity index (χ0v) is 30.5. The molecule has 0 spiro atoms. The number of aromatic nitrogens is 4. The number of aryl methyl sites for hydroxylation is 1. The fraction of sp³-hybridized carbons (Fsp3) is 0.500. The minimum absolute atomic E-state index is 0.00471. The molecule has 2 unspecified atom stereocenters. The Labute approximate surface area is 291 Å². The quantitative estimate of drug-likeness (QED) is 0.146. The molecule has 2 aromatic heterocycles. The standard InChI is InChI=1S/C36H46IN6O5/c1-6-9-31-30(33(44)42(34-38-22-39-43(31)34)26-16-18-27(19-17-26)47-23(2)35(3,4)45)20-24-12-14-25(15-13-24)28-10-7-8-11-29(28)32-40-36(46,21-37-5)48-41-32/h7-8,10-15,22-23,26-27,45-46H,6,9,16-21H2,1-5H3,(H,40,41)/q-1. The van der Waals surface area contributed by atoms with Crippen molar-refractivity contribution in [1.29, 1.82) is 0 Å². The molecular formula is C36H46IN6O5-. The van der Waals surface area contributed by atoms with Crippen LogP contribution in [0.4, 0.5) is 0 Å². The molecule has 4 aromatic rings. The van der Waals surface area contributed by atoms with E-state index in [-0.39, 0.29) is 45.0 Å². The Morgan fingerprint density at radius 1 is 1.12 bits per heavy atom. The van der Waals surface area contributed by atoms with E-state index < -0.39 is 11.5 Å². The fourth-order valence-corrected chi connectivity index (χ4v) is 7.94. The summed E-state index contributed by atoms with van der Waals surface area (Å²) in [6.07, 6.45) is 6.56. The maximum atomic E-state index is 14.4. The Hall–Kier alpha value is -3.17. The monoisotopic (exact) mass is 769 g/mol. The number of rotatable bonds is 12. The van der Waals surface area contributed by atoms with Gasteiger partial charge < -0.3 is 9.84 Å². The Morgan fingerprint density at radius 2 is 1.83 bits per heavy atom. The second-order valence-electron chi connectivity index (χ2n) is 13.4. The van der Waals surface area contributed by atoms with Crippen molar-refractivity contribution in [3.05, 3.63) is 87.6 Å². The third kappa shape index (κ3) is 7.23. The summed E-state index contributed by atoms with van der Waals surface area (Å²) >= 11 is -0.220. The van der Waals surface area contributed by atoms with Gasteiger partial charge in [0.2, 0.25) is 5.78 Å². The Kier molecular flexibility index (Phi) is 10.4. The zero-order chi connectivity index (χ0) is 34.1. The van der Waals surface area contributed by atoms with Crippen LogP contribution in [0, 0.1) is 0 Å². The van der Waals surface area contributed by atoms with Crippen LogP contribution < -0.4 is 32.2 Å². The zero-order valence-electron chi connectivity index (χ0n) is 28.3. The number of aliphatic imine (C=N–C) groups is 1. The smallest absolute Gasteiger partial charge is 0.259 e. The van der Waals surface area contributed by atoms with Crippen LogP contribution >= 0.6 is 0 Å². The van der Waals surface area contributed by atoms with Gasteiger partial charge in [0, 0.05) is 6.04 Å². The molecule has 12 heteroatoms. The van der Waals surface area contributed by atoms with Gasteiger partial charge in [-0.25, -0.2) is 4.52 Å². The number of benzene rings is 2. The number of halogens is 1. The van der Waals surface area contributed by atoms with Crippen LogP contribution in [0.5, 0.6) is 0 Å². The summed E-state index contributed by atoms with van der Waals surface area (Å²) in [6.45, 7) is 7.56. The number of nitrogens with one attached hydrogen (secondary N) is 1. The van der Waals surface area contributed by atoms with E-state index in [1.807, 2.05) is 40.3 Å². The summed E-state index contributed by atoms with van der Waals surface area (Å²) in [5.74, 6) is -0.424. The molecule has 1 saturated carbocycles. The molecule has 48 heavy (non-hydrogen) atoms. The Balaban J connectivity index is 1.28. The molecular weight excluding hydrogens is 723 g/mol. The number of hydrogen-bond donors (Lipinski definition) is 3. The molecule has 0 saturated heterocycles. The maximum Gasteiger partial charge on any atom is 0.259 e. The van der Waals surface area contributed by atoms with Crippen molar-refractivity contribution in [2.75, 3.05) is 9.36 Å². The van der Waals surface area contributed by atoms with Crippen molar-refractivity contribution in [2.24, 2.45) is 4.99 Å². The second kappa shape index (κ2) is 14.4. The summed E-state index contributed by atoms with van der Waals surface area (Å²) < 4.78 is 10.4. The molecule has 11 nitrogen and oxygen atoms in total. The number of amidine groups is 1. The van der Waals surface area contributed by atoms with Gasteiger partial charge in [0.1, 0.15) is 6.33 Å². The van der Waals surface area contributed by atoms with E-state index in [1.165, 1.54) is 0 Å². The summed E-state index contributed by atoms with van der Waals surface area (Å²) in [7, 11) is 0. The van der Waals surface area contributed by atoms with Crippen molar-refractivity contribution in [2.45, 2.75) is 102 Å². The summed E-state index contributed by atoms with van der Waals surface area (Å²) in [6, 6.07) is 16.2. The van der Waals surface area contributed by atoms with Crippen molar-refractivity contribution >= 4 is 11.6 Å². The van der Waals surface area contributed by atoms with Crippen molar-refractivity contribution < 1.29 is 41.0 Å². The maximum absolute atomic E-state index is 14.4. The number of ether oxygens (including phenoxy) is 1. The summed E-state index contributed by atoms with van der Waals surface area (Å²) in [5, 5.41) is 25.6. The molecule has 0 bridgehead atoms. The van der Waals surface area contributed by atoms with Gasteiger partial charge in [0.25, 0.3) is 5.56 Å². The third-order valence-electron chi connectivity index (χ3n) is 9.45. The topological polar surface area (TPSA) is 136 Å². The second-order valence-corrected chi connectivity index (χ2v) is 15.7. The molecule has 1 aliphatic carbocycles. The van der Waals surface area contributed by atoms with E-state index in [1.54, 1.807) is 20.2 Å². The molecule has 2 aliphatic rings. The van der Waals surface area contributed by atoms with Crippen LogP contribution in [0.3, 0.4) is 0 Å². The van der Waals surface area contributed by atoms with E-state index in [4.69, 9.17) is 9.57 Å². The molecule has 1 fully saturated rings. The Morgan fingerprint density at radius 3 is 2.50 bits per heavy atom. The predicted octanol–water partition coefficient (Wildman–Crippen LogP) is 1.41. The molecule has 3 N–H and O–H groups in total. The molecule has 2 aromatic carbocycles. The van der Waals surface area contributed by atoms with Gasteiger partial charge in [-0.05, 0) is 52.9 Å². The molecule has 0 amide bonds. The van der Waals surface area contributed by atoms with Crippen LogP contribution in [0.25, 0.3) is 16.9 Å². The Bertz CT molecular complexity index is 1820. The number of hydroxylamine groups is 1. The van der Waals surface area contributed by atoms with Crippen LogP contribution in [0.15, 0.2) is 64.6 Å². The predicted molar refractivity (Wildman–Crippen MR) is 181 cm³/mol. The van der Waals surface area contributed by atoms with E-state index in [2.05, 4.69) is 56.7 Å². The first-order valence-electron chi connectivity index (χ1n) is 16.7. The van der Waals surface area contributed by atoms with E-state index >= 15 is 0 Å². The number of fused-ring (bicyclic) bond motifs is 1. The number of alkyl halides is 2. The third-order valence-corrected chi connectivity index (χ3v) is 11.2. The largest absolute Gasteiger partial charge is 0.388 e. The molecule has 0 radical (unpaired) electrons. The SMILES string of the molecule is CCCc1c(Cc2ccc(-c3ccccc3C3=NC(O)(C[I-]C)ON3)cc2)c(=O)n(C2CCC(OC(C)C(C)(C)O)CC2)c2ncnn12. The van der Waals surface area contributed by atoms with E-state index in [9.17, 15) is 15.0 Å². The van der Waals surface area contributed by atoms with Crippen LogP contribution in [-0.2, 0) is 22.4 Å². The van der Waals surface area contributed by atoms with Crippen LogP contribution in [0.1, 0.15) is 88.2 Å². The van der Waals surface area contributed by atoms with Gasteiger partial charge in [-0.2, -0.15) is 10.1 Å². The van der Waals surface area contributed by atoms with Crippen molar-refractivity contribution in [3.63, 3.8) is 0 Å². The average molecular weight is 770 g/mol. The van der Waals surface area contributed by atoms with Gasteiger partial charge >= 0.3 is 145 Å². The van der Waals surface area contributed by atoms with Crippen LogP contribution in [-0.4, -0.2) is 68.3 Å². The summed E-state index contributed by atoms with van der Waals surface area (Å²) in [5.41, 5.74) is 7.40. The van der Waals surface area contributed by atoms with Crippen LogP contribution in [0.2, 0.25) is 0 Å². The van der Waals surface area contributed by atoms with Crippen molar-refractivity contribution in [1.82, 2.24) is 24.6 Å². The van der Waals surface area contributed by atoms with E-state index in [0.29, 0.717) is 22.5 Å². The molecule has 1 aliphatic heterocycles. The first-order valence-corrected chi connectivity index (χ1v) is 20.4. The van der Waals surface area contributed by atoms with Gasteiger partial charge in [-0.15, -0.1) is 0 Å². The minimum atomic E-state index is -1.52. The molecule has 2 atom stereocenters. The van der Waals surface area contributed by atoms with Gasteiger partial charge in [-0.3, -0.25) is 9.36 Å². The average Bonchev–Trinajstić information content (AvgIpc) is 3.71. The fourth-order valence-electron chi connectivity index (χ4n) is 6.62. The van der Waals surface area contributed by atoms with Gasteiger partial charge in [0.05, 0.1) is 23.5 Å². The van der Waals surface area contributed by atoms with Gasteiger partial charge in [-0.1, -0.05) is 13.3 Å².